The minimum atomic E-state index is -1.18. The van der Waals surface area contributed by atoms with E-state index < -0.39 is 22.9 Å². The van der Waals surface area contributed by atoms with Gasteiger partial charge in [-0.25, -0.2) is 0 Å². The molecule has 1 aromatic carbocycles. The van der Waals surface area contributed by atoms with Crippen LogP contribution in [-0.2, 0) is 19.9 Å². The van der Waals surface area contributed by atoms with E-state index in [1.54, 1.807) is 0 Å². The Morgan fingerprint density at radius 1 is 1.14 bits per heavy atom. The first kappa shape index (κ1) is 19.1. The van der Waals surface area contributed by atoms with Crippen LogP contribution in [0.4, 0.5) is 5.69 Å². The second-order valence-corrected chi connectivity index (χ2v) is 9.83. The average molecular weight is 383 g/mol. The van der Waals surface area contributed by atoms with Gasteiger partial charge in [0.15, 0.2) is 0 Å². The number of fused-ring (bicyclic) bond motifs is 4. The molecule has 28 heavy (non-hydrogen) atoms. The van der Waals surface area contributed by atoms with E-state index in [9.17, 15) is 14.4 Å². The summed E-state index contributed by atoms with van der Waals surface area (Å²) in [6.45, 7) is 11.7. The maximum atomic E-state index is 13.6. The van der Waals surface area contributed by atoms with Crippen molar-refractivity contribution in [3.8, 4) is 0 Å². The van der Waals surface area contributed by atoms with E-state index in [-0.39, 0.29) is 23.8 Å². The molecule has 2 N–H and O–H groups in total. The first-order valence-electron chi connectivity index (χ1n) is 10.1. The number of carbonyl (C=O) groups excluding carboxylic acids is 3. The van der Waals surface area contributed by atoms with Crippen molar-refractivity contribution in [2.75, 3.05) is 5.32 Å². The molecule has 0 bridgehead atoms. The van der Waals surface area contributed by atoms with Crippen molar-refractivity contribution in [1.82, 2.24) is 10.2 Å². The van der Waals surface area contributed by atoms with Crippen LogP contribution in [0, 0.1) is 24.7 Å². The van der Waals surface area contributed by atoms with Crippen molar-refractivity contribution >= 4 is 23.4 Å². The van der Waals surface area contributed by atoms with E-state index in [2.05, 4.69) is 24.5 Å². The van der Waals surface area contributed by atoms with Gasteiger partial charge in [0.2, 0.25) is 17.7 Å². The molecule has 4 unspecified atom stereocenters. The maximum Gasteiger partial charge on any atom is 0.250 e. The molecule has 150 valence electrons. The summed E-state index contributed by atoms with van der Waals surface area (Å²) in [7, 11) is 0. The molecule has 1 aromatic rings. The minimum Gasteiger partial charge on any atom is -0.324 e. The highest BCUT2D eigenvalue weighted by Gasteiger charge is 2.71. The van der Waals surface area contributed by atoms with E-state index in [1.165, 1.54) is 4.90 Å². The standard InChI is InChI=1S/C22H29N3O3/c1-11(2)10-14-15-16(19(27)25(18(15)26)21(4,5)6)22(24-14)13-9-7-8-12(3)17(13)23-20(22)28/h7-9,11,14-16,24H,10H2,1-6H3,(H,23,28). The van der Waals surface area contributed by atoms with Gasteiger partial charge >= 0.3 is 0 Å². The molecule has 6 nitrogen and oxygen atoms in total. The number of imide groups is 1. The summed E-state index contributed by atoms with van der Waals surface area (Å²) in [6, 6.07) is 5.54. The second-order valence-electron chi connectivity index (χ2n) is 9.83. The molecule has 6 heteroatoms. The van der Waals surface area contributed by atoms with E-state index >= 15 is 0 Å². The van der Waals surface area contributed by atoms with Crippen molar-refractivity contribution in [2.45, 2.75) is 65.1 Å². The zero-order valence-corrected chi connectivity index (χ0v) is 17.4. The van der Waals surface area contributed by atoms with E-state index in [1.807, 2.05) is 45.9 Å². The van der Waals surface area contributed by atoms with Crippen molar-refractivity contribution < 1.29 is 14.4 Å². The Morgan fingerprint density at radius 2 is 1.82 bits per heavy atom. The molecule has 1 spiro atoms. The first-order valence-corrected chi connectivity index (χ1v) is 10.1. The van der Waals surface area contributed by atoms with Gasteiger partial charge in [-0.05, 0) is 45.6 Å². The fourth-order valence-electron chi connectivity index (χ4n) is 5.35. The lowest BCUT2D eigenvalue weighted by Gasteiger charge is -2.34. The van der Waals surface area contributed by atoms with Crippen LogP contribution in [0.2, 0.25) is 0 Å². The lowest BCUT2D eigenvalue weighted by molar-refractivity contribution is -0.147. The number of hydrogen-bond acceptors (Lipinski definition) is 4. The largest absolute Gasteiger partial charge is 0.324 e. The monoisotopic (exact) mass is 383 g/mol. The van der Waals surface area contributed by atoms with Crippen molar-refractivity contribution in [3.63, 3.8) is 0 Å². The second kappa shape index (κ2) is 5.89. The van der Waals surface area contributed by atoms with Crippen LogP contribution in [-0.4, -0.2) is 34.2 Å². The van der Waals surface area contributed by atoms with Gasteiger partial charge in [-0.1, -0.05) is 32.0 Å². The molecule has 4 atom stereocenters. The smallest absolute Gasteiger partial charge is 0.250 e. The third kappa shape index (κ3) is 2.33. The van der Waals surface area contributed by atoms with Gasteiger partial charge in [-0.15, -0.1) is 0 Å². The SMILES string of the molecule is Cc1cccc2c1NC(=O)C21NC(CC(C)C)C2C(=O)N(C(C)(C)C)C(=O)C21. The number of carbonyl (C=O) groups is 3. The highest BCUT2D eigenvalue weighted by molar-refractivity contribution is 6.15. The van der Waals surface area contributed by atoms with Crippen molar-refractivity contribution in [3.05, 3.63) is 29.3 Å². The van der Waals surface area contributed by atoms with Crippen LogP contribution >= 0.6 is 0 Å². The molecule has 0 aliphatic carbocycles. The number of anilines is 1. The molecular formula is C22H29N3O3. The molecule has 0 radical (unpaired) electrons. The van der Waals surface area contributed by atoms with Gasteiger partial charge in [0.1, 0.15) is 5.54 Å². The quantitative estimate of drug-likeness (QED) is 0.770. The predicted octanol–water partition coefficient (Wildman–Crippen LogP) is 2.56. The summed E-state index contributed by atoms with van der Waals surface area (Å²) in [5, 5.41) is 6.48. The summed E-state index contributed by atoms with van der Waals surface area (Å²) >= 11 is 0. The Bertz CT molecular complexity index is 886. The van der Waals surface area contributed by atoms with Gasteiger partial charge in [0.05, 0.1) is 11.8 Å². The van der Waals surface area contributed by atoms with Crippen LogP contribution < -0.4 is 10.6 Å². The zero-order chi connectivity index (χ0) is 20.6. The van der Waals surface area contributed by atoms with Crippen LogP contribution in [0.25, 0.3) is 0 Å². The molecule has 0 saturated carbocycles. The zero-order valence-electron chi connectivity index (χ0n) is 17.4. The van der Waals surface area contributed by atoms with Gasteiger partial charge in [0, 0.05) is 22.8 Å². The highest BCUT2D eigenvalue weighted by Crippen LogP contribution is 2.55. The number of nitrogens with one attached hydrogen (secondary N) is 2. The average Bonchev–Trinajstić information content (AvgIpc) is 3.13. The van der Waals surface area contributed by atoms with Gasteiger partial charge in [-0.3, -0.25) is 24.6 Å². The molecule has 3 amide bonds. The molecule has 3 heterocycles. The molecule has 4 rings (SSSR count). The highest BCUT2D eigenvalue weighted by atomic mass is 16.2. The van der Waals surface area contributed by atoms with E-state index in [0.29, 0.717) is 5.92 Å². The number of nitrogens with zero attached hydrogens (tertiary/aromatic N) is 1. The van der Waals surface area contributed by atoms with Gasteiger partial charge < -0.3 is 5.32 Å². The summed E-state index contributed by atoms with van der Waals surface area (Å²) in [5.41, 5.74) is 0.706. The Morgan fingerprint density at radius 3 is 2.43 bits per heavy atom. The Hall–Kier alpha value is -2.21. The van der Waals surface area contributed by atoms with Crippen LogP contribution in [0.1, 0.15) is 52.2 Å². The van der Waals surface area contributed by atoms with Gasteiger partial charge in [-0.2, -0.15) is 0 Å². The molecule has 3 aliphatic heterocycles. The Kier molecular flexibility index (Phi) is 4.03. The van der Waals surface area contributed by atoms with E-state index in [0.717, 1.165) is 23.2 Å². The Balaban J connectivity index is 1.91. The molecule has 3 aliphatic rings. The number of benzene rings is 1. The number of rotatable bonds is 2. The molecule has 2 saturated heterocycles. The molecular weight excluding hydrogens is 354 g/mol. The van der Waals surface area contributed by atoms with Crippen LogP contribution in [0.5, 0.6) is 0 Å². The lowest BCUT2D eigenvalue weighted by atomic mass is 9.76. The Labute approximate surface area is 166 Å². The predicted molar refractivity (Wildman–Crippen MR) is 106 cm³/mol. The fraction of sp³-hybridized carbons (Fsp3) is 0.591. The fourth-order valence-corrected chi connectivity index (χ4v) is 5.35. The van der Waals surface area contributed by atoms with E-state index in [4.69, 9.17) is 0 Å². The summed E-state index contributed by atoms with van der Waals surface area (Å²) in [6.07, 6.45) is 0.731. The summed E-state index contributed by atoms with van der Waals surface area (Å²) in [5.74, 6) is -1.54. The van der Waals surface area contributed by atoms with Gasteiger partial charge in [0.25, 0.3) is 0 Å². The summed E-state index contributed by atoms with van der Waals surface area (Å²) in [4.78, 5) is 41.7. The number of hydrogen-bond donors (Lipinski definition) is 2. The van der Waals surface area contributed by atoms with Crippen molar-refractivity contribution in [2.24, 2.45) is 17.8 Å². The third-order valence-electron chi connectivity index (χ3n) is 6.35. The minimum absolute atomic E-state index is 0.161. The summed E-state index contributed by atoms with van der Waals surface area (Å²) < 4.78 is 0. The topological polar surface area (TPSA) is 78.5 Å². The number of para-hydroxylation sites is 1. The number of likely N-dealkylation sites (tertiary alicyclic amines) is 1. The van der Waals surface area contributed by atoms with Crippen LogP contribution in [0.3, 0.4) is 0 Å². The number of aryl methyl sites for hydroxylation is 1. The third-order valence-corrected chi connectivity index (χ3v) is 6.35. The maximum absolute atomic E-state index is 13.6. The molecule has 0 aromatic heterocycles. The molecule has 2 fully saturated rings. The van der Waals surface area contributed by atoms with Crippen LogP contribution in [0.15, 0.2) is 18.2 Å². The normalized spacial score (nSPS) is 31.8. The first-order chi connectivity index (χ1) is 13.0. The van der Waals surface area contributed by atoms with Crippen molar-refractivity contribution in [1.29, 1.82) is 0 Å². The number of amides is 3. The lowest BCUT2D eigenvalue weighted by Crippen LogP contribution is -2.55.